The highest BCUT2D eigenvalue weighted by Gasteiger charge is 2.27. The lowest BCUT2D eigenvalue weighted by atomic mass is 10.1. The minimum absolute atomic E-state index is 0.0688. The largest absolute Gasteiger partial charge is 0.386 e. The Kier molecular flexibility index (Phi) is 8.71. The van der Waals surface area contributed by atoms with Crippen LogP contribution in [0.2, 0.25) is 0 Å². The van der Waals surface area contributed by atoms with Crippen molar-refractivity contribution >= 4 is 18.1 Å². The Balaban J connectivity index is 1.97. The van der Waals surface area contributed by atoms with Gasteiger partial charge in [-0.1, -0.05) is 36.6 Å². The number of nitrogens with zero attached hydrogens (tertiary/aromatic N) is 4. The number of rotatable bonds is 8. The van der Waals surface area contributed by atoms with E-state index < -0.39 is 5.82 Å². The fourth-order valence-corrected chi connectivity index (χ4v) is 4.59. The monoisotopic (exact) mass is 459 g/mol. The molecule has 0 bridgehead atoms. The molecule has 5 nitrogen and oxygen atoms in total. The maximum atomic E-state index is 14.8. The van der Waals surface area contributed by atoms with Crippen molar-refractivity contribution in [2.24, 2.45) is 4.99 Å². The highest BCUT2D eigenvalue weighted by molar-refractivity contribution is 5.76. The lowest BCUT2D eigenvalue weighted by molar-refractivity contribution is 0.249. The Hall–Kier alpha value is -3.32. The molecule has 2 aliphatic rings. The fraction of sp³-hybridized carbons (Fsp3) is 0.393. The van der Waals surface area contributed by atoms with E-state index in [1.807, 2.05) is 18.0 Å². The van der Waals surface area contributed by atoms with Gasteiger partial charge < -0.3 is 5.32 Å². The molecule has 2 fully saturated rings. The molecule has 178 valence electrons. The maximum Gasteiger partial charge on any atom is 0.151 e. The van der Waals surface area contributed by atoms with Crippen LogP contribution in [-0.2, 0) is 0 Å². The number of aliphatic imine (C=N–C) groups is 1. The van der Waals surface area contributed by atoms with Crippen molar-refractivity contribution in [1.82, 2.24) is 15.2 Å². The molecule has 2 aliphatic heterocycles. The quantitative estimate of drug-likeness (QED) is 0.358. The summed E-state index contributed by atoms with van der Waals surface area (Å²) < 4.78 is 14.8. The zero-order chi connectivity index (χ0) is 24.7. The first-order chi connectivity index (χ1) is 16.4. The molecule has 0 aliphatic carbocycles. The van der Waals surface area contributed by atoms with Gasteiger partial charge in [0.1, 0.15) is 5.69 Å². The summed E-state index contributed by atoms with van der Waals surface area (Å²) >= 11 is 0. The van der Waals surface area contributed by atoms with E-state index in [1.54, 1.807) is 6.07 Å². The van der Waals surface area contributed by atoms with Crippen molar-refractivity contribution < 1.29 is 4.39 Å². The van der Waals surface area contributed by atoms with Crippen LogP contribution >= 0.6 is 0 Å². The van der Waals surface area contributed by atoms with E-state index in [0.717, 1.165) is 37.2 Å². The number of terminal acetylenes is 2. The zero-order valence-electron chi connectivity index (χ0n) is 20.2. The Morgan fingerprint density at radius 2 is 2.21 bits per heavy atom. The number of benzene rings is 1. The van der Waals surface area contributed by atoms with E-state index in [-0.39, 0.29) is 11.7 Å². The first-order valence-electron chi connectivity index (χ1n) is 11.7. The van der Waals surface area contributed by atoms with Crippen molar-refractivity contribution in [2.45, 2.75) is 38.8 Å². The van der Waals surface area contributed by atoms with E-state index in [2.05, 4.69) is 64.4 Å². The Bertz CT molecular complexity index is 1060. The second-order valence-electron chi connectivity index (χ2n) is 8.63. The normalized spacial score (nSPS) is 20.6. The molecule has 1 N–H and O–H groups in total. The van der Waals surface area contributed by atoms with Gasteiger partial charge in [-0.15, -0.1) is 12.8 Å². The van der Waals surface area contributed by atoms with Gasteiger partial charge in [0.25, 0.3) is 0 Å². The third-order valence-corrected chi connectivity index (χ3v) is 6.46. The molecule has 34 heavy (non-hydrogen) atoms. The van der Waals surface area contributed by atoms with E-state index in [0.29, 0.717) is 36.9 Å². The van der Waals surface area contributed by atoms with Gasteiger partial charge in [0.2, 0.25) is 0 Å². The van der Waals surface area contributed by atoms with Crippen LogP contribution in [0.1, 0.15) is 32.3 Å². The van der Waals surface area contributed by atoms with Gasteiger partial charge in [0, 0.05) is 24.8 Å². The van der Waals surface area contributed by atoms with Crippen LogP contribution in [0.4, 0.5) is 15.8 Å². The second kappa shape index (κ2) is 11.7. The molecule has 2 unspecified atom stereocenters. The number of likely N-dealkylation sites (tertiary alicyclic amines) is 1. The minimum atomic E-state index is -0.462. The SMILES string of the molecule is C#Cc1ccc(F)c(N=C)c1N(CC(/C=C\C(C#C)N1CCCC1C)=C/C)N1CCNC(=C)C1. The van der Waals surface area contributed by atoms with Crippen LogP contribution < -0.4 is 10.3 Å². The van der Waals surface area contributed by atoms with Gasteiger partial charge in [0.05, 0.1) is 30.4 Å². The lowest BCUT2D eigenvalue weighted by Gasteiger charge is -2.41. The molecule has 0 aromatic heterocycles. The van der Waals surface area contributed by atoms with E-state index in [1.165, 1.54) is 6.07 Å². The van der Waals surface area contributed by atoms with E-state index in [9.17, 15) is 4.39 Å². The molecular formula is C28H34FN5. The molecule has 2 heterocycles. The number of anilines is 1. The maximum absolute atomic E-state index is 14.8. The number of hydrogen-bond acceptors (Lipinski definition) is 5. The number of piperazine rings is 1. The molecular weight excluding hydrogens is 425 g/mol. The van der Waals surface area contributed by atoms with E-state index >= 15 is 0 Å². The predicted octanol–water partition coefficient (Wildman–Crippen LogP) is 4.27. The summed E-state index contributed by atoms with van der Waals surface area (Å²) in [5.74, 6) is 5.15. The van der Waals surface area contributed by atoms with Crippen LogP contribution in [0, 0.1) is 30.5 Å². The molecule has 1 aromatic carbocycles. The van der Waals surface area contributed by atoms with Crippen molar-refractivity contribution in [3.63, 3.8) is 0 Å². The summed E-state index contributed by atoms with van der Waals surface area (Å²) in [5.41, 5.74) is 3.14. The third-order valence-electron chi connectivity index (χ3n) is 6.46. The summed E-state index contributed by atoms with van der Waals surface area (Å²) in [5, 5.41) is 7.38. The van der Waals surface area contributed by atoms with Crippen LogP contribution in [0.3, 0.4) is 0 Å². The minimum Gasteiger partial charge on any atom is -0.386 e. The average molecular weight is 460 g/mol. The van der Waals surface area contributed by atoms with Gasteiger partial charge in [0.15, 0.2) is 5.82 Å². The van der Waals surface area contributed by atoms with Crippen LogP contribution in [0.5, 0.6) is 0 Å². The predicted molar refractivity (Wildman–Crippen MR) is 141 cm³/mol. The fourth-order valence-electron chi connectivity index (χ4n) is 4.59. The summed E-state index contributed by atoms with van der Waals surface area (Å²) in [6.07, 6.45) is 20.2. The second-order valence-corrected chi connectivity index (χ2v) is 8.63. The van der Waals surface area contributed by atoms with Crippen molar-refractivity contribution in [3.05, 3.63) is 59.6 Å². The average Bonchev–Trinajstić information content (AvgIpc) is 3.27. The van der Waals surface area contributed by atoms with Crippen LogP contribution in [0.15, 0.2) is 53.2 Å². The number of nitrogens with one attached hydrogen (secondary N) is 1. The Labute approximate surface area is 203 Å². The molecule has 2 saturated heterocycles. The molecule has 0 radical (unpaired) electrons. The Morgan fingerprint density at radius 1 is 1.41 bits per heavy atom. The van der Waals surface area contributed by atoms with Gasteiger partial charge in [-0.2, -0.15) is 0 Å². The van der Waals surface area contributed by atoms with Crippen molar-refractivity contribution in [1.29, 1.82) is 0 Å². The van der Waals surface area contributed by atoms with Gasteiger partial charge in [-0.25, -0.2) is 9.40 Å². The Morgan fingerprint density at radius 3 is 2.79 bits per heavy atom. The smallest absolute Gasteiger partial charge is 0.151 e. The van der Waals surface area contributed by atoms with Crippen molar-refractivity contribution in [2.75, 3.05) is 37.7 Å². The summed E-state index contributed by atoms with van der Waals surface area (Å²) in [6.45, 7) is 15.3. The van der Waals surface area contributed by atoms with Crippen molar-refractivity contribution in [3.8, 4) is 24.7 Å². The molecule has 0 spiro atoms. The number of allylic oxidation sites excluding steroid dienone is 1. The lowest BCUT2D eigenvalue weighted by Crippen LogP contribution is -2.52. The van der Waals surface area contributed by atoms with Gasteiger partial charge in [-0.3, -0.25) is 14.9 Å². The molecule has 1 aromatic rings. The highest BCUT2D eigenvalue weighted by atomic mass is 19.1. The topological polar surface area (TPSA) is 34.1 Å². The number of hydrogen-bond donors (Lipinski definition) is 1. The summed E-state index contributed by atoms with van der Waals surface area (Å²) in [6, 6.07) is 3.34. The summed E-state index contributed by atoms with van der Waals surface area (Å²) in [7, 11) is 0. The summed E-state index contributed by atoms with van der Waals surface area (Å²) in [4.78, 5) is 6.35. The van der Waals surface area contributed by atoms with E-state index in [4.69, 9.17) is 12.8 Å². The molecule has 3 rings (SSSR count). The molecule has 6 heteroatoms. The van der Waals surface area contributed by atoms with Gasteiger partial charge in [-0.05, 0) is 57.7 Å². The van der Waals surface area contributed by atoms with Crippen LogP contribution in [-0.4, -0.2) is 61.4 Å². The first-order valence-corrected chi connectivity index (χ1v) is 11.7. The van der Waals surface area contributed by atoms with Crippen LogP contribution in [0.25, 0.3) is 0 Å². The number of hydrazine groups is 1. The first kappa shape index (κ1) is 25.3. The molecule has 0 saturated carbocycles. The van der Waals surface area contributed by atoms with Gasteiger partial charge >= 0.3 is 0 Å². The third kappa shape index (κ3) is 5.59. The number of halogens is 1. The standard InChI is InChI=1S/C28H34FN5/c1-7-23(12-14-25(9-3)33-17-10-11-22(33)5)20-34(32-18-16-31-21(4)19-32)28-24(8-2)13-15-26(29)27(28)30-6/h2-3,7,12-15,22,25,31H,4,6,10-11,16-20H2,1,5H3/b14-12-,23-7+. The highest BCUT2D eigenvalue weighted by Crippen LogP contribution is 2.36. The molecule has 2 atom stereocenters. The molecule has 0 amide bonds. The zero-order valence-corrected chi connectivity index (χ0v) is 20.2.